The van der Waals surface area contributed by atoms with Crippen molar-refractivity contribution in [3.8, 4) is 0 Å². The van der Waals surface area contributed by atoms with Crippen molar-refractivity contribution in [2.45, 2.75) is 78.1 Å². The van der Waals surface area contributed by atoms with Crippen molar-refractivity contribution in [3.05, 3.63) is 11.1 Å². The Morgan fingerprint density at radius 2 is 1.89 bits per heavy atom. The third kappa shape index (κ3) is 6.00. The maximum absolute atomic E-state index is 12.2. The van der Waals surface area contributed by atoms with E-state index in [9.17, 15) is 4.79 Å². The summed E-state index contributed by atoms with van der Waals surface area (Å²) >= 11 is 7.96. The molecule has 1 rings (SSSR count). The molecule has 1 aromatic heterocycles. The average Bonchev–Trinajstić information content (AvgIpc) is 2.98. The third-order valence-electron chi connectivity index (χ3n) is 5.68. The molecule has 156 valence electrons. The molecule has 0 fully saturated rings. The lowest BCUT2D eigenvalue weighted by Gasteiger charge is -2.44. The number of thiazole rings is 1. The lowest BCUT2D eigenvalue weighted by molar-refractivity contribution is -0.123. The van der Waals surface area contributed by atoms with E-state index in [2.05, 4.69) is 51.1 Å². The number of hydrogen-bond acceptors (Lipinski definition) is 5. The second kappa shape index (κ2) is 8.90. The van der Waals surface area contributed by atoms with Crippen LogP contribution in [-0.2, 0) is 9.22 Å². The Kier molecular flexibility index (Phi) is 8.10. The Bertz CT molecular complexity index is 641. The quantitative estimate of drug-likeness (QED) is 0.425. The Morgan fingerprint density at radius 1 is 1.33 bits per heavy atom. The van der Waals surface area contributed by atoms with Gasteiger partial charge in [-0.2, -0.15) is 0 Å². The number of nitrogens with two attached hydrogens (primary N) is 1. The summed E-state index contributed by atoms with van der Waals surface area (Å²) in [4.78, 5) is 17.5. The van der Waals surface area contributed by atoms with E-state index in [0.29, 0.717) is 17.6 Å². The van der Waals surface area contributed by atoms with Gasteiger partial charge in [0.2, 0.25) is 5.91 Å². The summed E-state index contributed by atoms with van der Waals surface area (Å²) in [6.07, 6.45) is 1.40. The molecule has 0 radical (unpaired) electrons. The number of nitrogens with one attached hydrogen (secondary N) is 1. The van der Waals surface area contributed by atoms with Crippen molar-refractivity contribution in [2.24, 2.45) is 17.1 Å². The predicted molar refractivity (Wildman–Crippen MR) is 119 cm³/mol. The second-order valence-electron chi connectivity index (χ2n) is 9.45. The van der Waals surface area contributed by atoms with E-state index in [1.807, 2.05) is 20.8 Å². The van der Waals surface area contributed by atoms with Crippen LogP contribution in [0.2, 0.25) is 18.1 Å². The highest BCUT2D eigenvalue weighted by Gasteiger charge is 2.46. The van der Waals surface area contributed by atoms with Crippen LogP contribution >= 0.6 is 22.9 Å². The van der Waals surface area contributed by atoms with Crippen LogP contribution in [0.4, 0.5) is 5.13 Å². The molecule has 5 nitrogen and oxygen atoms in total. The third-order valence-corrected chi connectivity index (χ3v) is 11.6. The van der Waals surface area contributed by atoms with Gasteiger partial charge >= 0.3 is 0 Å². The number of nitrogens with zero attached hydrogens (tertiary/aromatic N) is 1. The van der Waals surface area contributed by atoms with Crippen molar-refractivity contribution < 1.29 is 9.22 Å². The smallest absolute Gasteiger partial charge is 0.231 e. The molecule has 2 atom stereocenters. The van der Waals surface area contributed by atoms with Gasteiger partial charge in [-0.15, -0.1) is 11.6 Å². The Hall–Kier alpha value is -0.473. The lowest BCUT2D eigenvalue weighted by Crippen LogP contribution is -2.47. The number of amides is 1. The maximum atomic E-state index is 12.2. The van der Waals surface area contributed by atoms with Crippen LogP contribution in [0.3, 0.4) is 0 Å². The first-order valence-electron chi connectivity index (χ1n) is 9.42. The van der Waals surface area contributed by atoms with Crippen molar-refractivity contribution in [1.82, 2.24) is 4.98 Å². The molecule has 0 unspecified atom stereocenters. The molecule has 0 saturated carbocycles. The molecular formula is C19H36ClN3O2SSi. The average molecular weight is 434 g/mol. The van der Waals surface area contributed by atoms with Gasteiger partial charge < -0.3 is 15.5 Å². The van der Waals surface area contributed by atoms with Crippen molar-refractivity contribution in [3.63, 3.8) is 0 Å². The topological polar surface area (TPSA) is 77.2 Å². The molecule has 3 N–H and O–H groups in total. The van der Waals surface area contributed by atoms with Gasteiger partial charge in [-0.25, -0.2) is 4.98 Å². The van der Waals surface area contributed by atoms with Crippen LogP contribution in [0.5, 0.6) is 0 Å². The highest BCUT2D eigenvalue weighted by atomic mass is 35.5. The summed E-state index contributed by atoms with van der Waals surface area (Å²) in [5, 5.41) is 3.14. The maximum Gasteiger partial charge on any atom is 0.231 e. The second-order valence-corrected chi connectivity index (χ2v) is 15.6. The largest absolute Gasteiger partial charge is 0.407 e. The van der Waals surface area contributed by atoms with Gasteiger partial charge in [0.15, 0.2) is 13.4 Å². The first-order valence-corrected chi connectivity index (χ1v) is 13.6. The zero-order valence-electron chi connectivity index (χ0n) is 18.1. The summed E-state index contributed by atoms with van der Waals surface area (Å²) in [6, 6.07) is 0. The van der Waals surface area contributed by atoms with Crippen LogP contribution in [-0.4, -0.2) is 31.1 Å². The van der Waals surface area contributed by atoms with Gasteiger partial charge in [0.1, 0.15) is 0 Å². The number of halogens is 1. The van der Waals surface area contributed by atoms with Crippen LogP contribution in [0, 0.1) is 11.3 Å². The van der Waals surface area contributed by atoms with E-state index in [-0.39, 0.29) is 22.4 Å². The standard InChI is InChI=1S/C19H36ClN3O2SSi/c1-12(2)19(6,7)27(8,9)25-15(13(20)10-21)14-11-22-17(26-14)23-16(24)18(3,4)5/h11-13,15H,10,21H2,1-9H3,(H,22,23,24)/t13-,15-/m0/s1. The van der Waals surface area contributed by atoms with Gasteiger partial charge in [-0.3, -0.25) is 4.79 Å². The number of aromatic nitrogens is 1. The number of anilines is 1. The van der Waals surface area contributed by atoms with Gasteiger partial charge in [0.05, 0.1) is 16.4 Å². The molecule has 0 aliphatic carbocycles. The molecule has 1 heterocycles. The predicted octanol–water partition coefficient (Wildman–Crippen LogP) is 5.39. The van der Waals surface area contributed by atoms with E-state index in [1.54, 1.807) is 6.20 Å². The molecule has 0 saturated heterocycles. The van der Waals surface area contributed by atoms with Crippen molar-refractivity contribution >= 4 is 42.3 Å². The zero-order chi connectivity index (χ0) is 21.2. The summed E-state index contributed by atoms with van der Waals surface area (Å²) in [5.74, 6) is 0.410. The van der Waals surface area contributed by atoms with E-state index in [1.165, 1.54) is 11.3 Å². The van der Waals surface area contributed by atoms with Gasteiger partial charge in [-0.1, -0.05) is 59.8 Å². The normalized spacial score (nSPS) is 15.7. The number of carbonyl (C=O) groups excluding carboxylic acids is 1. The van der Waals surface area contributed by atoms with Crippen LogP contribution < -0.4 is 11.1 Å². The molecule has 1 aromatic rings. The minimum atomic E-state index is -2.12. The highest BCUT2D eigenvalue weighted by molar-refractivity contribution is 7.15. The molecule has 0 aromatic carbocycles. The number of alkyl halides is 1. The van der Waals surface area contributed by atoms with E-state index < -0.39 is 13.7 Å². The van der Waals surface area contributed by atoms with Crippen molar-refractivity contribution in [2.75, 3.05) is 11.9 Å². The lowest BCUT2D eigenvalue weighted by atomic mass is 9.96. The highest BCUT2D eigenvalue weighted by Crippen LogP contribution is 2.47. The Morgan fingerprint density at radius 3 is 2.33 bits per heavy atom. The number of carbonyl (C=O) groups is 1. The Balaban J connectivity index is 3.11. The SMILES string of the molecule is CC(C)C(C)(C)[Si](C)(C)O[C@H](c1cnc(NC(=O)C(C)(C)C)s1)[C@@H](Cl)CN. The summed E-state index contributed by atoms with van der Waals surface area (Å²) in [6.45, 7) is 19.3. The monoisotopic (exact) mass is 433 g/mol. The van der Waals surface area contributed by atoms with E-state index in [0.717, 1.165) is 4.88 Å². The number of hydrogen-bond donors (Lipinski definition) is 2. The van der Waals surface area contributed by atoms with Gasteiger partial charge in [-0.05, 0) is 24.1 Å². The van der Waals surface area contributed by atoms with E-state index >= 15 is 0 Å². The molecule has 8 heteroatoms. The van der Waals surface area contributed by atoms with Gasteiger partial charge in [0, 0.05) is 18.2 Å². The molecule has 0 spiro atoms. The van der Waals surface area contributed by atoms with Gasteiger partial charge in [0.25, 0.3) is 0 Å². The fraction of sp³-hybridized carbons (Fsp3) is 0.789. The zero-order valence-corrected chi connectivity index (χ0v) is 20.7. The summed E-state index contributed by atoms with van der Waals surface area (Å²) < 4.78 is 6.67. The molecule has 0 aliphatic rings. The fourth-order valence-corrected chi connectivity index (χ4v) is 6.32. The number of rotatable bonds is 8. The molecule has 1 amide bonds. The molecule has 0 aliphatic heterocycles. The van der Waals surface area contributed by atoms with Crippen LogP contribution in [0.1, 0.15) is 59.4 Å². The van der Waals surface area contributed by atoms with E-state index in [4.69, 9.17) is 21.8 Å². The first-order chi connectivity index (χ1) is 12.1. The molecule has 0 bridgehead atoms. The van der Waals surface area contributed by atoms with Crippen LogP contribution in [0.15, 0.2) is 6.20 Å². The minimum absolute atomic E-state index is 0.0599. The summed E-state index contributed by atoms with van der Waals surface area (Å²) in [7, 11) is -2.12. The molecular weight excluding hydrogens is 398 g/mol. The molecule has 27 heavy (non-hydrogen) atoms. The van der Waals surface area contributed by atoms with Crippen molar-refractivity contribution in [1.29, 1.82) is 0 Å². The summed E-state index contributed by atoms with van der Waals surface area (Å²) in [5.41, 5.74) is 5.38. The van der Waals surface area contributed by atoms with Crippen LogP contribution in [0.25, 0.3) is 0 Å². The first kappa shape index (κ1) is 24.6. The fourth-order valence-electron chi connectivity index (χ4n) is 2.36. The Labute approximate surface area is 174 Å². The minimum Gasteiger partial charge on any atom is -0.407 e.